The Morgan fingerprint density at radius 2 is 2.44 bits per heavy atom. The van der Waals surface area contributed by atoms with Crippen LogP contribution >= 0.6 is 0 Å². The molecule has 1 rings (SSSR count). The van der Waals surface area contributed by atoms with Crippen LogP contribution in [0.2, 0.25) is 0 Å². The van der Waals surface area contributed by atoms with Crippen molar-refractivity contribution in [1.29, 1.82) is 0 Å². The first-order chi connectivity index (χ1) is 3.83. The monoisotopic (exact) mass is 134 g/mol. The van der Waals surface area contributed by atoms with E-state index in [1.165, 1.54) is 6.07 Å². The first kappa shape index (κ1) is 9.01. The summed E-state index contributed by atoms with van der Waals surface area (Å²) in [5, 5.41) is 16.3. The molecule has 0 saturated carbocycles. The second-order valence-electron chi connectivity index (χ2n) is 1.58. The van der Waals surface area contributed by atoms with E-state index in [1.54, 1.807) is 0 Å². The molecule has 0 saturated heterocycles. The third-order valence-corrected chi connectivity index (χ3v) is 0.970. The first-order valence-corrected chi connectivity index (χ1v) is 2.54. The molecule has 0 radical (unpaired) electrons. The second-order valence-corrected chi connectivity index (χ2v) is 1.58. The molecule has 3 nitrogen and oxygen atoms in total. The van der Waals surface area contributed by atoms with Crippen molar-refractivity contribution >= 4 is 0 Å². The molecule has 0 aromatic carbocycles. The van der Waals surface area contributed by atoms with Gasteiger partial charge in [0.15, 0.2) is 0 Å². The summed E-state index contributed by atoms with van der Waals surface area (Å²) < 4.78 is 0. The average Bonchev–Trinajstić information content (AvgIpc) is 2.14. The van der Waals surface area contributed by atoms with E-state index >= 15 is 0 Å². The molecule has 1 N–H and O–H groups in total. The van der Waals surface area contributed by atoms with Gasteiger partial charge in [0.1, 0.15) is 0 Å². The molecule has 0 aliphatic heterocycles. The van der Waals surface area contributed by atoms with Gasteiger partial charge in [0.05, 0.1) is 5.69 Å². The average molecular weight is 134 g/mol. The van der Waals surface area contributed by atoms with Crippen LogP contribution in [0.25, 0.3) is 0 Å². The summed E-state index contributed by atoms with van der Waals surface area (Å²) in [6.45, 7) is 1.95. The molecule has 0 aliphatic rings. The van der Waals surface area contributed by atoms with Gasteiger partial charge in [-0.3, -0.25) is 5.10 Å². The van der Waals surface area contributed by atoms with Crippen molar-refractivity contribution in [3.05, 3.63) is 11.8 Å². The molecule has 1 heterocycles. The maximum atomic E-state index is 10.3. The van der Waals surface area contributed by atoms with Crippen LogP contribution in [0.4, 0.5) is 0 Å². The summed E-state index contributed by atoms with van der Waals surface area (Å²) in [6, 6.07) is 1.50. The van der Waals surface area contributed by atoms with Gasteiger partial charge in [-0.05, 0) is 18.4 Å². The Hall–Kier alpha value is 0.0100. The Bertz CT molecular complexity index is 175. The van der Waals surface area contributed by atoms with Crippen LogP contribution in [0, 0.1) is 0 Å². The molecule has 4 heteroatoms. The number of H-pyrrole nitrogens is 1. The van der Waals surface area contributed by atoms with Gasteiger partial charge in [0.2, 0.25) is 0 Å². The fourth-order valence-corrected chi connectivity index (χ4v) is 0.524. The third kappa shape index (κ3) is 2.39. The van der Waals surface area contributed by atoms with Gasteiger partial charge < -0.3 is 5.11 Å². The summed E-state index contributed by atoms with van der Waals surface area (Å²) in [6.07, 6.45) is 0.818. The molecule has 1 aromatic heterocycles. The molecule has 0 bridgehead atoms. The molecule has 1 aromatic rings. The summed E-state index contributed by atoms with van der Waals surface area (Å²) in [4.78, 5) is 0. The maximum Gasteiger partial charge on any atom is 1.00 e. The molecular weight excluding hydrogens is 127 g/mol. The van der Waals surface area contributed by atoms with E-state index in [1.807, 2.05) is 6.92 Å². The smallest absolute Gasteiger partial charge is 0.859 e. The summed E-state index contributed by atoms with van der Waals surface area (Å²) >= 11 is 0. The first-order valence-electron chi connectivity index (χ1n) is 2.54. The number of aromatic nitrogens is 2. The van der Waals surface area contributed by atoms with E-state index in [0.717, 1.165) is 12.1 Å². The van der Waals surface area contributed by atoms with Gasteiger partial charge in [-0.25, -0.2) is 0 Å². The Kier molecular flexibility index (Phi) is 3.93. The molecule has 44 valence electrons. The SMILES string of the molecule is CCc1cc([O-])[nH]n1.[Na+]. The minimum absolute atomic E-state index is 0. The van der Waals surface area contributed by atoms with Crippen LogP contribution in [0.1, 0.15) is 12.6 Å². The van der Waals surface area contributed by atoms with Gasteiger partial charge in [0, 0.05) is 0 Å². The minimum Gasteiger partial charge on any atom is -0.859 e. The van der Waals surface area contributed by atoms with E-state index in [9.17, 15) is 5.11 Å². The number of hydrogen-bond acceptors (Lipinski definition) is 2. The fourth-order valence-electron chi connectivity index (χ4n) is 0.524. The van der Waals surface area contributed by atoms with Gasteiger partial charge in [-0.2, -0.15) is 5.10 Å². The largest absolute Gasteiger partial charge is 1.00 e. The fraction of sp³-hybridized carbons (Fsp3) is 0.400. The Morgan fingerprint density at radius 1 is 1.78 bits per heavy atom. The van der Waals surface area contributed by atoms with Crippen LogP contribution < -0.4 is 34.7 Å². The molecule has 0 amide bonds. The normalized spacial score (nSPS) is 8.56. The quantitative estimate of drug-likeness (QED) is 0.417. The van der Waals surface area contributed by atoms with E-state index in [0.29, 0.717) is 0 Å². The zero-order chi connectivity index (χ0) is 5.98. The maximum absolute atomic E-state index is 10.3. The Morgan fingerprint density at radius 3 is 2.67 bits per heavy atom. The van der Waals surface area contributed by atoms with Crippen molar-refractivity contribution in [2.75, 3.05) is 0 Å². The van der Waals surface area contributed by atoms with Crippen LogP contribution in [0.3, 0.4) is 0 Å². The van der Waals surface area contributed by atoms with Crippen LogP contribution in [0.15, 0.2) is 6.07 Å². The van der Waals surface area contributed by atoms with Gasteiger partial charge in [-0.1, -0.05) is 6.92 Å². The van der Waals surface area contributed by atoms with Crippen LogP contribution in [-0.2, 0) is 6.42 Å². The molecule has 0 unspecified atom stereocenters. The van der Waals surface area contributed by atoms with Gasteiger partial charge >= 0.3 is 29.6 Å². The van der Waals surface area contributed by atoms with Crippen LogP contribution in [0.5, 0.6) is 5.88 Å². The molecule has 0 aliphatic carbocycles. The number of hydrogen-bond donors (Lipinski definition) is 1. The number of aromatic amines is 1. The standard InChI is InChI=1S/C5H8N2O.Na/c1-2-4-3-5(8)7-6-4;/h3H,2H2,1H3,(H2,6,7,8);/q;+1/p-1. The summed E-state index contributed by atoms with van der Waals surface area (Å²) in [5.41, 5.74) is 0.829. The zero-order valence-corrected chi connectivity index (χ0v) is 7.64. The van der Waals surface area contributed by atoms with Crippen molar-refractivity contribution in [3.8, 4) is 5.88 Å². The zero-order valence-electron chi connectivity index (χ0n) is 5.64. The molecule has 0 spiro atoms. The second kappa shape index (κ2) is 3.93. The van der Waals surface area contributed by atoms with E-state index in [2.05, 4.69) is 10.2 Å². The van der Waals surface area contributed by atoms with Crippen molar-refractivity contribution in [1.82, 2.24) is 10.2 Å². The van der Waals surface area contributed by atoms with Crippen molar-refractivity contribution in [2.24, 2.45) is 0 Å². The van der Waals surface area contributed by atoms with E-state index in [-0.39, 0.29) is 35.4 Å². The molecule has 0 atom stereocenters. The Balaban J connectivity index is 0.000000640. The topological polar surface area (TPSA) is 51.7 Å². The predicted octanol–water partition coefficient (Wildman–Crippen LogP) is -2.95. The van der Waals surface area contributed by atoms with Crippen LogP contribution in [-0.4, -0.2) is 10.2 Å². The van der Waals surface area contributed by atoms with Crippen molar-refractivity contribution in [3.63, 3.8) is 0 Å². The molecule has 9 heavy (non-hydrogen) atoms. The molecular formula is C5H7N2NaO. The predicted molar refractivity (Wildman–Crippen MR) is 27.4 cm³/mol. The summed E-state index contributed by atoms with van der Waals surface area (Å²) in [5.74, 6) is -0.109. The van der Waals surface area contributed by atoms with Crippen molar-refractivity contribution in [2.45, 2.75) is 13.3 Å². The molecule has 0 fully saturated rings. The summed E-state index contributed by atoms with van der Waals surface area (Å²) in [7, 11) is 0. The van der Waals surface area contributed by atoms with E-state index < -0.39 is 0 Å². The number of nitrogens with one attached hydrogen (secondary N) is 1. The number of rotatable bonds is 1. The minimum atomic E-state index is -0.109. The number of nitrogens with zero attached hydrogens (tertiary/aromatic N) is 1. The Labute approximate surface area is 75.8 Å². The van der Waals surface area contributed by atoms with Gasteiger partial charge in [-0.15, -0.1) is 0 Å². The van der Waals surface area contributed by atoms with Crippen molar-refractivity contribution < 1.29 is 34.7 Å². The van der Waals surface area contributed by atoms with Gasteiger partial charge in [0.25, 0.3) is 0 Å². The van der Waals surface area contributed by atoms with E-state index in [4.69, 9.17) is 0 Å². The third-order valence-electron chi connectivity index (χ3n) is 0.970. The number of aryl methyl sites for hydroxylation is 1.